The second-order valence-electron chi connectivity index (χ2n) is 6.53. The maximum absolute atomic E-state index is 12.6. The van der Waals surface area contributed by atoms with Gasteiger partial charge < -0.3 is 15.0 Å². The summed E-state index contributed by atoms with van der Waals surface area (Å²) in [6.07, 6.45) is 1.98. The highest BCUT2D eigenvalue weighted by Gasteiger charge is 2.21. The van der Waals surface area contributed by atoms with Crippen molar-refractivity contribution in [1.82, 2.24) is 0 Å². The Labute approximate surface area is 162 Å². The van der Waals surface area contributed by atoms with Crippen LogP contribution in [0, 0.1) is 10.1 Å². The summed E-state index contributed by atoms with van der Waals surface area (Å²) >= 11 is 0. The van der Waals surface area contributed by atoms with Crippen LogP contribution in [-0.4, -0.2) is 37.0 Å². The fraction of sp³-hybridized carbons (Fsp3) is 0.300. The van der Waals surface area contributed by atoms with Gasteiger partial charge in [-0.25, -0.2) is 4.79 Å². The van der Waals surface area contributed by atoms with E-state index in [0.29, 0.717) is 16.8 Å². The van der Waals surface area contributed by atoms with Gasteiger partial charge in [-0.05, 0) is 31.0 Å². The fourth-order valence-electron chi connectivity index (χ4n) is 3.32. The number of amides is 1. The van der Waals surface area contributed by atoms with Gasteiger partial charge in [-0.2, -0.15) is 0 Å². The molecule has 2 aromatic rings. The molecule has 1 fully saturated rings. The predicted octanol–water partition coefficient (Wildman–Crippen LogP) is 3.16. The molecule has 1 heterocycles. The van der Waals surface area contributed by atoms with Gasteiger partial charge in [-0.1, -0.05) is 18.2 Å². The molecule has 8 heteroatoms. The highest BCUT2D eigenvalue weighted by Crippen LogP contribution is 2.31. The number of para-hydroxylation sites is 1. The molecular formula is C20H21N3O5. The number of carbonyl (C=O) groups is 2. The van der Waals surface area contributed by atoms with Crippen LogP contribution in [0.1, 0.15) is 28.8 Å². The van der Waals surface area contributed by atoms with E-state index in [0.717, 1.165) is 31.6 Å². The van der Waals surface area contributed by atoms with E-state index in [1.165, 1.54) is 13.2 Å². The normalized spacial score (nSPS) is 13.2. The Balaban J connectivity index is 1.86. The molecule has 0 bridgehead atoms. The molecule has 28 heavy (non-hydrogen) atoms. The van der Waals surface area contributed by atoms with Gasteiger partial charge in [0.25, 0.3) is 5.69 Å². The van der Waals surface area contributed by atoms with E-state index in [9.17, 15) is 19.7 Å². The van der Waals surface area contributed by atoms with Gasteiger partial charge in [0, 0.05) is 24.7 Å². The van der Waals surface area contributed by atoms with Crippen LogP contribution in [0.2, 0.25) is 0 Å². The van der Waals surface area contributed by atoms with Gasteiger partial charge >= 0.3 is 5.97 Å². The molecule has 1 aliphatic heterocycles. The van der Waals surface area contributed by atoms with Crippen molar-refractivity contribution in [3.8, 4) is 0 Å². The minimum atomic E-state index is -0.504. The van der Waals surface area contributed by atoms with Crippen molar-refractivity contribution in [3.63, 3.8) is 0 Å². The van der Waals surface area contributed by atoms with E-state index in [-0.39, 0.29) is 12.1 Å². The maximum Gasteiger partial charge on any atom is 0.337 e. The lowest BCUT2D eigenvalue weighted by molar-refractivity contribution is -0.385. The van der Waals surface area contributed by atoms with Crippen LogP contribution in [-0.2, 0) is 16.0 Å². The Morgan fingerprint density at radius 1 is 1.18 bits per heavy atom. The highest BCUT2D eigenvalue weighted by molar-refractivity contribution is 5.99. The van der Waals surface area contributed by atoms with Gasteiger partial charge in [0.1, 0.15) is 0 Å². The Morgan fingerprint density at radius 3 is 2.57 bits per heavy atom. The number of nitrogens with one attached hydrogen (secondary N) is 1. The summed E-state index contributed by atoms with van der Waals surface area (Å²) in [6.45, 7) is 1.73. The van der Waals surface area contributed by atoms with Crippen molar-refractivity contribution in [3.05, 3.63) is 63.7 Å². The molecular weight excluding hydrogens is 362 g/mol. The number of esters is 1. The van der Waals surface area contributed by atoms with E-state index in [1.807, 2.05) is 0 Å². The Morgan fingerprint density at radius 2 is 1.89 bits per heavy atom. The maximum atomic E-state index is 12.6. The van der Waals surface area contributed by atoms with E-state index in [2.05, 4.69) is 10.2 Å². The average Bonchev–Trinajstić information content (AvgIpc) is 3.22. The summed E-state index contributed by atoms with van der Waals surface area (Å²) in [5, 5.41) is 14.0. The van der Waals surface area contributed by atoms with Gasteiger partial charge in [0.2, 0.25) is 5.91 Å². The second kappa shape index (κ2) is 8.51. The Hall–Kier alpha value is -3.42. The number of hydrogen-bond donors (Lipinski definition) is 1. The molecule has 0 saturated carbocycles. The summed E-state index contributed by atoms with van der Waals surface area (Å²) in [5.41, 5.74) is 1.87. The van der Waals surface area contributed by atoms with Gasteiger partial charge in [-0.15, -0.1) is 0 Å². The standard InChI is InChI=1S/C20H21N3O5/c1-28-20(25)15-8-9-18(22-10-4-5-11-22)16(12-15)21-19(24)13-14-6-2-3-7-17(14)23(26)27/h2-3,6-9,12H,4-5,10-11,13H2,1H3,(H,21,24). The van der Waals surface area contributed by atoms with Gasteiger partial charge in [0.05, 0.1) is 35.4 Å². The third-order valence-electron chi connectivity index (χ3n) is 4.68. The monoisotopic (exact) mass is 383 g/mol. The molecule has 2 aromatic carbocycles. The van der Waals surface area contributed by atoms with Crippen LogP contribution in [0.4, 0.5) is 17.1 Å². The molecule has 1 aliphatic rings. The average molecular weight is 383 g/mol. The summed E-state index contributed by atoms with van der Waals surface area (Å²) < 4.78 is 4.76. The Bertz CT molecular complexity index is 906. The summed E-state index contributed by atoms with van der Waals surface area (Å²) in [6, 6.07) is 11.2. The molecule has 1 saturated heterocycles. The first-order chi connectivity index (χ1) is 13.5. The van der Waals surface area contributed by atoms with E-state index in [1.54, 1.807) is 36.4 Å². The zero-order valence-corrected chi connectivity index (χ0v) is 15.5. The number of benzene rings is 2. The van der Waals surface area contributed by atoms with Crippen molar-refractivity contribution in [2.45, 2.75) is 19.3 Å². The number of hydrogen-bond acceptors (Lipinski definition) is 6. The topological polar surface area (TPSA) is 102 Å². The van der Waals surface area contributed by atoms with Crippen LogP contribution in [0.5, 0.6) is 0 Å². The molecule has 146 valence electrons. The third-order valence-corrected chi connectivity index (χ3v) is 4.68. The molecule has 8 nitrogen and oxygen atoms in total. The Kier molecular flexibility index (Phi) is 5.88. The number of rotatable bonds is 6. The lowest BCUT2D eigenvalue weighted by Crippen LogP contribution is -2.22. The second-order valence-corrected chi connectivity index (χ2v) is 6.53. The van der Waals surface area contributed by atoms with Crippen LogP contribution in [0.3, 0.4) is 0 Å². The lowest BCUT2D eigenvalue weighted by Gasteiger charge is -2.22. The minimum Gasteiger partial charge on any atom is -0.465 e. The molecule has 1 N–H and O–H groups in total. The summed E-state index contributed by atoms with van der Waals surface area (Å²) in [4.78, 5) is 37.3. The largest absolute Gasteiger partial charge is 0.465 e. The first kappa shape index (κ1) is 19.3. The number of nitro benzene ring substituents is 1. The fourth-order valence-corrected chi connectivity index (χ4v) is 3.32. The first-order valence-electron chi connectivity index (χ1n) is 8.99. The molecule has 0 spiro atoms. The smallest absolute Gasteiger partial charge is 0.337 e. The zero-order chi connectivity index (χ0) is 20.1. The van der Waals surface area contributed by atoms with Crippen molar-refractivity contribution in [2.24, 2.45) is 0 Å². The molecule has 0 unspecified atom stereocenters. The third kappa shape index (κ3) is 4.28. The molecule has 3 rings (SSSR count). The lowest BCUT2D eigenvalue weighted by atomic mass is 10.1. The van der Waals surface area contributed by atoms with E-state index in [4.69, 9.17) is 4.74 Å². The number of methoxy groups -OCH3 is 1. The van der Waals surface area contributed by atoms with E-state index >= 15 is 0 Å². The molecule has 0 atom stereocenters. The SMILES string of the molecule is COC(=O)c1ccc(N2CCCC2)c(NC(=O)Cc2ccccc2[N+](=O)[O-])c1. The van der Waals surface area contributed by atoms with E-state index < -0.39 is 16.8 Å². The first-order valence-corrected chi connectivity index (χ1v) is 8.99. The highest BCUT2D eigenvalue weighted by atomic mass is 16.6. The van der Waals surface area contributed by atoms with Crippen LogP contribution < -0.4 is 10.2 Å². The number of ether oxygens (including phenoxy) is 1. The van der Waals surface area contributed by atoms with Crippen molar-refractivity contribution in [1.29, 1.82) is 0 Å². The number of carbonyl (C=O) groups excluding carboxylic acids is 2. The number of anilines is 2. The van der Waals surface area contributed by atoms with Crippen LogP contribution in [0.25, 0.3) is 0 Å². The quantitative estimate of drug-likeness (QED) is 0.467. The number of nitrogens with zero attached hydrogens (tertiary/aromatic N) is 2. The molecule has 0 radical (unpaired) electrons. The molecule has 1 amide bonds. The molecule has 0 aliphatic carbocycles. The number of nitro groups is 1. The molecule has 0 aromatic heterocycles. The van der Waals surface area contributed by atoms with Crippen molar-refractivity contribution < 1.29 is 19.2 Å². The zero-order valence-electron chi connectivity index (χ0n) is 15.5. The van der Waals surface area contributed by atoms with Crippen LogP contribution in [0.15, 0.2) is 42.5 Å². The van der Waals surface area contributed by atoms with Crippen molar-refractivity contribution in [2.75, 3.05) is 30.4 Å². The van der Waals surface area contributed by atoms with Gasteiger partial charge in [0.15, 0.2) is 0 Å². The van der Waals surface area contributed by atoms with Gasteiger partial charge in [-0.3, -0.25) is 14.9 Å². The summed E-state index contributed by atoms with van der Waals surface area (Å²) in [5.74, 6) is -0.890. The van der Waals surface area contributed by atoms with Crippen LogP contribution >= 0.6 is 0 Å². The van der Waals surface area contributed by atoms with Crippen molar-refractivity contribution >= 4 is 28.9 Å². The summed E-state index contributed by atoms with van der Waals surface area (Å²) in [7, 11) is 1.30. The minimum absolute atomic E-state index is 0.0965. The predicted molar refractivity (Wildman–Crippen MR) is 105 cm³/mol.